The summed E-state index contributed by atoms with van der Waals surface area (Å²) < 4.78 is 27.3. The fraction of sp³-hybridized carbons (Fsp3) is 0.316. The molecule has 0 aliphatic carbocycles. The summed E-state index contributed by atoms with van der Waals surface area (Å²) in [5.74, 6) is -0.225. The third kappa shape index (κ3) is 4.90. The first kappa shape index (κ1) is 19.1. The van der Waals surface area contributed by atoms with Crippen LogP contribution in [-0.4, -0.2) is 20.9 Å². The predicted molar refractivity (Wildman–Crippen MR) is 100 cm³/mol. The van der Waals surface area contributed by atoms with Crippen LogP contribution < -0.4 is 10.0 Å². The number of hydrogen-bond acceptors (Lipinski definition) is 3. The largest absolute Gasteiger partial charge is 0.326 e. The Balaban J connectivity index is 1.96. The minimum absolute atomic E-state index is 0.0480. The van der Waals surface area contributed by atoms with E-state index in [-0.39, 0.29) is 23.8 Å². The van der Waals surface area contributed by atoms with Gasteiger partial charge in [-0.25, -0.2) is 13.1 Å². The van der Waals surface area contributed by atoms with Crippen LogP contribution in [0.15, 0.2) is 41.3 Å². The lowest BCUT2D eigenvalue weighted by Gasteiger charge is -2.12. The second-order valence-electron chi connectivity index (χ2n) is 6.21. The van der Waals surface area contributed by atoms with Crippen LogP contribution in [0, 0.1) is 27.7 Å². The molecule has 6 heteroatoms. The molecule has 0 aliphatic heterocycles. The van der Waals surface area contributed by atoms with Gasteiger partial charge in [-0.1, -0.05) is 24.3 Å². The van der Waals surface area contributed by atoms with E-state index in [9.17, 15) is 13.2 Å². The Morgan fingerprint density at radius 2 is 1.72 bits per heavy atom. The number of rotatable bonds is 6. The molecule has 0 fully saturated rings. The van der Waals surface area contributed by atoms with E-state index in [2.05, 4.69) is 10.0 Å². The molecule has 0 radical (unpaired) electrons. The van der Waals surface area contributed by atoms with Crippen LogP contribution in [0.4, 0.5) is 5.69 Å². The van der Waals surface area contributed by atoms with Crippen LogP contribution >= 0.6 is 0 Å². The van der Waals surface area contributed by atoms with Gasteiger partial charge >= 0.3 is 0 Å². The van der Waals surface area contributed by atoms with Crippen molar-refractivity contribution in [1.29, 1.82) is 0 Å². The molecule has 0 spiro atoms. The van der Waals surface area contributed by atoms with Gasteiger partial charge in [0.15, 0.2) is 0 Å². The summed E-state index contributed by atoms with van der Waals surface area (Å²) in [5, 5.41) is 2.82. The van der Waals surface area contributed by atoms with Gasteiger partial charge in [0.25, 0.3) is 0 Å². The molecule has 2 N–H and O–H groups in total. The maximum absolute atomic E-state index is 12.4. The Morgan fingerprint density at radius 3 is 2.44 bits per heavy atom. The number of hydrogen-bond donors (Lipinski definition) is 2. The van der Waals surface area contributed by atoms with E-state index in [1.807, 2.05) is 45.0 Å². The Morgan fingerprint density at radius 1 is 1.00 bits per heavy atom. The number of nitrogens with one attached hydrogen (secondary N) is 2. The van der Waals surface area contributed by atoms with Crippen molar-refractivity contribution in [1.82, 2.24) is 4.72 Å². The van der Waals surface area contributed by atoms with Gasteiger partial charge in [0.2, 0.25) is 15.9 Å². The van der Waals surface area contributed by atoms with Crippen LogP contribution in [-0.2, 0) is 14.8 Å². The van der Waals surface area contributed by atoms with Gasteiger partial charge in [0.05, 0.1) is 4.90 Å². The Kier molecular flexibility index (Phi) is 5.98. The van der Waals surface area contributed by atoms with Crippen molar-refractivity contribution in [3.63, 3.8) is 0 Å². The zero-order valence-corrected chi connectivity index (χ0v) is 15.8. The first-order chi connectivity index (χ1) is 11.7. The summed E-state index contributed by atoms with van der Waals surface area (Å²) in [4.78, 5) is 12.3. The molecule has 25 heavy (non-hydrogen) atoms. The Hall–Kier alpha value is -2.18. The molecule has 2 aromatic carbocycles. The number of carbonyl (C=O) groups is 1. The van der Waals surface area contributed by atoms with Crippen molar-refractivity contribution in [3.8, 4) is 0 Å². The minimum Gasteiger partial charge on any atom is -0.326 e. The fourth-order valence-corrected chi connectivity index (χ4v) is 3.83. The molecular weight excluding hydrogens is 336 g/mol. The van der Waals surface area contributed by atoms with Gasteiger partial charge in [-0.2, -0.15) is 0 Å². The average Bonchev–Trinajstić information content (AvgIpc) is 2.54. The third-order valence-electron chi connectivity index (χ3n) is 4.16. The number of anilines is 1. The highest BCUT2D eigenvalue weighted by atomic mass is 32.2. The van der Waals surface area contributed by atoms with E-state index < -0.39 is 10.0 Å². The molecule has 0 saturated heterocycles. The van der Waals surface area contributed by atoms with Crippen molar-refractivity contribution in [2.75, 3.05) is 11.9 Å². The lowest BCUT2D eigenvalue weighted by Crippen LogP contribution is -2.28. The SMILES string of the molecule is Cc1ccc(C)c(S(=O)(=O)NCCC(=O)Nc2cccc(C)c2C)c1. The van der Waals surface area contributed by atoms with E-state index in [0.717, 1.165) is 22.4 Å². The molecule has 0 unspecified atom stereocenters. The number of amides is 1. The van der Waals surface area contributed by atoms with Crippen molar-refractivity contribution in [2.45, 2.75) is 39.0 Å². The monoisotopic (exact) mass is 360 g/mol. The summed E-state index contributed by atoms with van der Waals surface area (Å²) in [6.45, 7) is 7.56. The first-order valence-corrected chi connectivity index (χ1v) is 9.62. The lowest BCUT2D eigenvalue weighted by atomic mass is 10.1. The highest BCUT2D eigenvalue weighted by Crippen LogP contribution is 2.18. The standard InChI is InChI=1S/C19H24N2O3S/c1-13-8-9-15(3)18(12-13)25(23,24)20-11-10-19(22)21-17-7-5-6-14(2)16(17)4/h5-9,12,20H,10-11H2,1-4H3,(H,21,22). The van der Waals surface area contributed by atoms with Gasteiger partial charge in [-0.3, -0.25) is 4.79 Å². The van der Waals surface area contributed by atoms with E-state index in [4.69, 9.17) is 0 Å². The van der Waals surface area contributed by atoms with Gasteiger partial charge in [0.1, 0.15) is 0 Å². The number of carbonyl (C=O) groups excluding carboxylic acids is 1. The quantitative estimate of drug-likeness (QED) is 0.830. The number of aryl methyl sites for hydroxylation is 3. The highest BCUT2D eigenvalue weighted by molar-refractivity contribution is 7.89. The van der Waals surface area contributed by atoms with Crippen LogP contribution in [0.25, 0.3) is 0 Å². The maximum Gasteiger partial charge on any atom is 0.240 e. The van der Waals surface area contributed by atoms with Crippen LogP contribution in [0.1, 0.15) is 28.7 Å². The summed E-state index contributed by atoms with van der Waals surface area (Å²) in [6.07, 6.45) is 0.0669. The minimum atomic E-state index is -3.63. The topological polar surface area (TPSA) is 75.3 Å². The molecule has 0 saturated carbocycles. The van der Waals surface area contributed by atoms with E-state index >= 15 is 0 Å². The average molecular weight is 360 g/mol. The van der Waals surface area contributed by atoms with Crippen molar-refractivity contribution in [3.05, 3.63) is 58.7 Å². The predicted octanol–water partition coefficient (Wildman–Crippen LogP) is 3.23. The zero-order valence-electron chi connectivity index (χ0n) is 15.0. The van der Waals surface area contributed by atoms with Gasteiger partial charge in [-0.05, 0) is 62.1 Å². The summed E-state index contributed by atoms with van der Waals surface area (Å²) >= 11 is 0. The molecule has 2 aromatic rings. The molecule has 0 aromatic heterocycles. The van der Waals surface area contributed by atoms with Crippen molar-refractivity contribution >= 4 is 21.6 Å². The molecule has 134 valence electrons. The van der Waals surface area contributed by atoms with Gasteiger partial charge in [0, 0.05) is 18.7 Å². The van der Waals surface area contributed by atoms with E-state index in [1.54, 1.807) is 19.1 Å². The van der Waals surface area contributed by atoms with Crippen molar-refractivity contribution < 1.29 is 13.2 Å². The number of benzene rings is 2. The molecule has 0 aliphatic rings. The summed E-state index contributed by atoms with van der Waals surface area (Å²) in [6, 6.07) is 11.0. The Bertz CT molecular complexity index is 890. The second kappa shape index (κ2) is 7.80. The van der Waals surface area contributed by atoms with Crippen LogP contribution in [0.3, 0.4) is 0 Å². The van der Waals surface area contributed by atoms with Gasteiger partial charge < -0.3 is 5.32 Å². The molecule has 2 rings (SSSR count). The summed E-state index contributed by atoms with van der Waals surface area (Å²) in [7, 11) is -3.63. The molecule has 0 heterocycles. The second-order valence-corrected chi connectivity index (χ2v) is 7.95. The highest BCUT2D eigenvalue weighted by Gasteiger charge is 2.17. The zero-order chi connectivity index (χ0) is 18.6. The van der Waals surface area contributed by atoms with Crippen LogP contribution in [0.5, 0.6) is 0 Å². The third-order valence-corrected chi connectivity index (χ3v) is 5.76. The first-order valence-electron chi connectivity index (χ1n) is 8.13. The Labute approximate surface area is 149 Å². The van der Waals surface area contributed by atoms with E-state index in [0.29, 0.717) is 5.56 Å². The molecule has 1 amide bonds. The smallest absolute Gasteiger partial charge is 0.240 e. The lowest BCUT2D eigenvalue weighted by molar-refractivity contribution is -0.116. The van der Waals surface area contributed by atoms with E-state index in [1.165, 1.54) is 0 Å². The normalized spacial score (nSPS) is 11.4. The van der Waals surface area contributed by atoms with Crippen LogP contribution in [0.2, 0.25) is 0 Å². The van der Waals surface area contributed by atoms with Crippen molar-refractivity contribution in [2.24, 2.45) is 0 Å². The molecule has 5 nitrogen and oxygen atoms in total. The summed E-state index contributed by atoms with van der Waals surface area (Å²) in [5.41, 5.74) is 4.40. The molecule has 0 atom stereocenters. The molecule has 0 bridgehead atoms. The molecular formula is C19H24N2O3S. The number of sulfonamides is 1. The fourth-order valence-electron chi connectivity index (χ4n) is 2.47. The van der Waals surface area contributed by atoms with Gasteiger partial charge in [-0.15, -0.1) is 0 Å². The maximum atomic E-state index is 12.4.